The van der Waals surface area contributed by atoms with E-state index in [0.29, 0.717) is 18.0 Å². The van der Waals surface area contributed by atoms with Gasteiger partial charge in [-0.2, -0.15) is 0 Å². The van der Waals surface area contributed by atoms with Crippen LogP contribution in [0, 0.1) is 11.7 Å². The molecule has 0 unspecified atom stereocenters. The van der Waals surface area contributed by atoms with Crippen LogP contribution in [-0.4, -0.2) is 41.1 Å². The second-order valence-electron chi connectivity index (χ2n) is 7.51. The molecule has 0 aliphatic carbocycles. The zero-order chi connectivity index (χ0) is 17.7. The average Bonchev–Trinajstić information content (AvgIpc) is 2.52. The minimum Gasteiger partial charge on any atom is -0.387 e. The van der Waals surface area contributed by atoms with E-state index in [1.54, 1.807) is 19.1 Å². The zero-order valence-electron chi connectivity index (χ0n) is 15.3. The smallest absolute Gasteiger partial charge is 0.219 e. The highest BCUT2D eigenvalue weighted by Gasteiger charge is 2.28. The van der Waals surface area contributed by atoms with Gasteiger partial charge in [0.1, 0.15) is 5.82 Å². The van der Waals surface area contributed by atoms with E-state index in [0.717, 1.165) is 32.4 Å². The summed E-state index contributed by atoms with van der Waals surface area (Å²) in [7, 11) is 0. The summed E-state index contributed by atoms with van der Waals surface area (Å²) in [6.45, 7) is 7.89. The number of likely N-dealkylation sites (tertiary alicyclic amines) is 1. The Morgan fingerprint density at radius 1 is 1.48 bits per heavy atom. The number of piperidine rings is 1. The van der Waals surface area contributed by atoms with E-state index in [1.165, 1.54) is 12.1 Å². The molecule has 1 heterocycles. The van der Waals surface area contributed by atoms with Gasteiger partial charge in [-0.15, -0.1) is 12.4 Å². The van der Waals surface area contributed by atoms with Gasteiger partial charge in [-0.3, -0.25) is 4.79 Å². The summed E-state index contributed by atoms with van der Waals surface area (Å²) >= 11 is 0. The summed E-state index contributed by atoms with van der Waals surface area (Å²) in [5.74, 6) is 0.279. The Labute approximate surface area is 156 Å². The lowest BCUT2D eigenvalue weighted by atomic mass is 9.85. The molecule has 6 heteroatoms. The van der Waals surface area contributed by atoms with Crippen LogP contribution in [0.1, 0.15) is 51.7 Å². The Hall–Kier alpha value is -1.17. The molecule has 1 aromatic rings. The predicted molar refractivity (Wildman–Crippen MR) is 100 cm³/mol. The molecular formula is C19H30ClFN2O2. The van der Waals surface area contributed by atoms with Crippen molar-refractivity contribution in [2.75, 3.05) is 19.6 Å². The number of hydrogen-bond donors (Lipinski definition) is 2. The summed E-state index contributed by atoms with van der Waals surface area (Å²) in [6.07, 6.45) is 2.38. The van der Waals surface area contributed by atoms with E-state index in [1.807, 2.05) is 4.90 Å². The molecular weight excluding hydrogens is 343 g/mol. The van der Waals surface area contributed by atoms with Crippen LogP contribution < -0.4 is 5.32 Å². The van der Waals surface area contributed by atoms with Crippen LogP contribution in [0.5, 0.6) is 0 Å². The maximum absolute atomic E-state index is 13.2. The Bertz CT molecular complexity index is 568. The predicted octanol–water partition coefficient (Wildman–Crippen LogP) is 3.30. The molecule has 2 N–H and O–H groups in total. The molecule has 0 spiro atoms. The van der Waals surface area contributed by atoms with Crippen molar-refractivity contribution in [3.8, 4) is 0 Å². The van der Waals surface area contributed by atoms with Crippen molar-refractivity contribution < 1.29 is 14.3 Å². The number of aliphatic hydroxyl groups is 1. The topological polar surface area (TPSA) is 52.6 Å². The molecule has 1 amide bonds. The first-order valence-electron chi connectivity index (χ1n) is 8.71. The van der Waals surface area contributed by atoms with Crippen molar-refractivity contribution in [1.82, 2.24) is 10.2 Å². The lowest BCUT2D eigenvalue weighted by molar-refractivity contribution is -0.130. The Balaban J connectivity index is 0.00000312. The van der Waals surface area contributed by atoms with Crippen LogP contribution in [0.2, 0.25) is 0 Å². The van der Waals surface area contributed by atoms with Crippen molar-refractivity contribution in [2.24, 2.45) is 5.92 Å². The number of aliphatic hydroxyl groups excluding tert-OH is 1. The number of hydrogen-bond acceptors (Lipinski definition) is 3. The molecule has 0 bridgehead atoms. The van der Waals surface area contributed by atoms with Crippen LogP contribution >= 0.6 is 12.4 Å². The molecule has 25 heavy (non-hydrogen) atoms. The molecule has 0 saturated carbocycles. The number of rotatable bonds is 6. The van der Waals surface area contributed by atoms with Gasteiger partial charge >= 0.3 is 0 Å². The van der Waals surface area contributed by atoms with E-state index < -0.39 is 6.10 Å². The van der Waals surface area contributed by atoms with Gasteiger partial charge in [-0.05, 0) is 56.7 Å². The normalized spacial score (nSPS) is 19.2. The van der Waals surface area contributed by atoms with Gasteiger partial charge in [0.25, 0.3) is 0 Å². The highest BCUT2D eigenvalue weighted by Crippen LogP contribution is 2.26. The van der Waals surface area contributed by atoms with Crippen LogP contribution in [0.3, 0.4) is 0 Å². The van der Waals surface area contributed by atoms with Crippen molar-refractivity contribution in [2.45, 2.75) is 51.7 Å². The van der Waals surface area contributed by atoms with Gasteiger partial charge in [-0.1, -0.05) is 12.1 Å². The number of benzene rings is 1. The van der Waals surface area contributed by atoms with Crippen molar-refractivity contribution >= 4 is 18.3 Å². The lowest BCUT2D eigenvalue weighted by Gasteiger charge is -2.37. The lowest BCUT2D eigenvalue weighted by Crippen LogP contribution is -2.46. The third-order valence-electron chi connectivity index (χ3n) is 4.77. The fourth-order valence-corrected chi connectivity index (χ4v) is 3.52. The molecule has 1 saturated heterocycles. The largest absolute Gasteiger partial charge is 0.387 e. The van der Waals surface area contributed by atoms with E-state index in [2.05, 4.69) is 19.2 Å². The summed E-state index contributed by atoms with van der Waals surface area (Å²) in [6, 6.07) is 6.08. The second-order valence-corrected chi connectivity index (χ2v) is 7.51. The second kappa shape index (κ2) is 9.51. The first kappa shape index (κ1) is 21.9. The fourth-order valence-electron chi connectivity index (χ4n) is 3.52. The van der Waals surface area contributed by atoms with Crippen LogP contribution in [0.4, 0.5) is 4.39 Å². The summed E-state index contributed by atoms with van der Waals surface area (Å²) in [4.78, 5) is 13.5. The third-order valence-corrected chi connectivity index (χ3v) is 4.77. The molecule has 2 atom stereocenters. The van der Waals surface area contributed by atoms with E-state index in [4.69, 9.17) is 0 Å². The Kier molecular flexibility index (Phi) is 8.32. The first-order chi connectivity index (χ1) is 11.3. The maximum Gasteiger partial charge on any atom is 0.219 e. The van der Waals surface area contributed by atoms with Crippen LogP contribution in [0.15, 0.2) is 24.3 Å². The van der Waals surface area contributed by atoms with Gasteiger partial charge in [-0.25, -0.2) is 4.39 Å². The van der Waals surface area contributed by atoms with Crippen molar-refractivity contribution in [3.63, 3.8) is 0 Å². The molecule has 1 aliphatic rings. The zero-order valence-corrected chi connectivity index (χ0v) is 16.1. The maximum atomic E-state index is 13.2. The average molecular weight is 373 g/mol. The number of nitrogens with one attached hydrogen (secondary N) is 1. The van der Waals surface area contributed by atoms with Gasteiger partial charge < -0.3 is 15.3 Å². The number of halogens is 2. The number of carbonyl (C=O) groups is 1. The number of carbonyl (C=O) groups excluding carboxylic acids is 1. The van der Waals surface area contributed by atoms with Gasteiger partial charge in [0.15, 0.2) is 0 Å². The highest BCUT2D eigenvalue weighted by molar-refractivity contribution is 5.85. The van der Waals surface area contributed by atoms with Crippen LogP contribution in [0.25, 0.3) is 0 Å². The van der Waals surface area contributed by atoms with Gasteiger partial charge in [0, 0.05) is 32.1 Å². The van der Waals surface area contributed by atoms with E-state index >= 15 is 0 Å². The third kappa shape index (κ3) is 6.92. The molecule has 142 valence electrons. The quantitative estimate of drug-likeness (QED) is 0.805. The number of β-amino-alcohol motifs (C(OH)–C–C–N with tert-alkyl or cyclic N) is 1. The van der Waals surface area contributed by atoms with Crippen molar-refractivity contribution in [1.29, 1.82) is 0 Å². The standard InChI is InChI=1S/C19H29FN2O2.ClH/c1-14(23)22-9-5-6-15(13-22)11-19(2,3)21-12-18(24)16-7-4-8-17(20)10-16;/h4,7-8,10,15,18,21,24H,5-6,9,11-13H2,1-3H3;1H/t15-,18-;/m0./s1. The monoisotopic (exact) mass is 372 g/mol. The van der Waals surface area contributed by atoms with E-state index in [9.17, 15) is 14.3 Å². The first-order valence-corrected chi connectivity index (χ1v) is 8.71. The minimum absolute atomic E-state index is 0. The summed E-state index contributed by atoms with van der Waals surface area (Å²) in [5.41, 5.74) is 0.428. The number of nitrogens with zero attached hydrogens (tertiary/aromatic N) is 1. The van der Waals surface area contributed by atoms with Gasteiger partial charge in [0.2, 0.25) is 5.91 Å². The fraction of sp³-hybridized carbons (Fsp3) is 0.632. The Morgan fingerprint density at radius 3 is 2.84 bits per heavy atom. The van der Waals surface area contributed by atoms with Crippen molar-refractivity contribution in [3.05, 3.63) is 35.6 Å². The van der Waals surface area contributed by atoms with E-state index in [-0.39, 0.29) is 29.7 Å². The summed E-state index contributed by atoms with van der Waals surface area (Å²) < 4.78 is 13.2. The van der Waals surface area contributed by atoms with Crippen LogP contribution in [-0.2, 0) is 4.79 Å². The summed E-state index contributed by atoms with van der Waals surface area (Å²) in [5, 5.41) is 13.6. The molecule has 0 radical (unpaired) electrons. The molecule has 0 aromatic heterocycles. The molecule has 2 rings (SSSR count). The Morgan fingerprint density at radius 2 is 2.20 bits per heavy atom. The number of amides is 1. The molecule has 1 aromatic carbocycles. The molecule has 4 nitrogen and oxygen atoms in total. The highest BCUT2D eigenvalue weighted by atomic mass is 35.5. The van der Waals surface area contributed by atoms with Gasteiger partial charge in [0.05, 0.1) is 6.10 Å². The SMILES string of the molecule is CC(=O)N1CCC[C@@H](CC(C)(C)NC[C@H](O)c2cccc(F)c2)C1.Cl. The molecule has 1 aliphatic heterocycles. The minimum atomic E-state index is -0.736. The molecule has 1 fully saturated rings.